The number of hydrogen-bond donors (Lipinski definition) is 1. The van der Waals surface area contributed by atoms with E-state index in [0.29, 0.717) is 18.2 Å². The Morgan fingerprint density at radius 1 is 1.35 bits per heavy atom. The molecule has 0 amide bonds. The second-order valence-corrected chi connectivity index (χ2v) is 4.52. The van der Waals surface area contributed by atoms with Gasteiger partial charge >= 0.3 is 0 Å². The standard InChI is InChI=1S/C14H18N2O/c15-11-12-4-3-7-14(10-12)16(8-9-17)13-5-1-2-6-13/h3-4,7,10,13,17H,1-2,5-6,8-9H2. The number of nitriles is 1. The third-order valence-corrected chi connectivity index (χ3v) is 3.41. The van der Waals surface area contributed by atoms with Crippen LogP contribution in [0.2, 0.25) is 0 Å². The van der Waals surface area contributed by atoms with Gasteiger partial charge < -0.3 is 10.0 Å². The first kappa shape index (κ1) is 11.9. The van der Waals surface area contributed by atoms with E-state index in [0.717, 1.165) is 5.69 Å². The lowest BCUT2D eigenvalue weighted by molar-refractivity contribution is 0.297. The van der Waals surface area contributed by atoms with Crippen LogP contribution in [0.5, 0.6) is 0 Å². The highest BCUT2D eigenvalue weighted by atomic mass is 16.3. The van der Waals surface area contributed by atoms with E-state index in [1.807, 2.05) is 24.3 Å². The van der Waals surface area contributed by atoms with Crippen LogP contribution < -0.4 is 4.90 Å². The van der Waals surface area contributed by atoms with Gasteiger partial charge in [0.2, 0.25) is 0 Å². The van der Waals surface area contributed by atoms with Gasteiger partial charge in [0.15, 0.2) is 0 Å². The van der Waals surface area contributed by atoms with Crippen molar-refractivity contribution in [2.75, 3.05) is 18.1 Å². The van der Waals surface area contributed by atoms with Gasteiger partial charge in [-0.2, -0.15) is 5.26 Å². The van der Waals surface area contributed by atoms with E-state index >= 15 is 0 Å². The fraction of sp³-hybridized carbons (Fsp3) is 0.500. The van der Waals surface area contributed by atoms with Crippen molar-refractivity contribution >= 4 is 5.69 Å². The third kappa shape index (κ3) is 2.78. The highest BCUT2D eigenvalue weighted by Crippen LogP contribution is 2.28. The molecule has 0 aliphatic heterocycles. The first-order valence-corrected chi connectivity index (χ1v) is 6.23. The lowest BCUT2D eigenvalue weighted by atomic mass is 10.1. The summed E-state index contributed by atoms with van der Waals surface area (Å²) in [5, 5.41) is 18.1. The van der Waals surface area contributed by atoms with Crippen LogP contribution in [0.15, 0.2) is 24.3 Å². The molecular formula is C14H18N2O. The summed E-state index contributed by atoms with van der Waals surface area (Å²) < 4.78 is 0. The van der Waals surface area contributed by atoms with Crippen LogP contribution in [0.1, 0.15) is 31.2 Å². The highest BCUT2D eigenvalue weighted by Gasteiger charge is 2.22. The smallest absolute Gasteiger partial charge is 0.0992 e. The third-order valence-electron chi connectivity index (χ3n) is 3.41. The molecule has 0 saturated heterocycles. The van der Waals surface area contributed by atoms with Gasteiger partial charge in [-0.25, -0.2) is 0 Å². The fourth-order valence-corrected chi connectivity index (χ4v) is 2.60. The largest absolute Gasteiger partial charge is 0.395 e. The van der Waals surface area contributed by atoms with E-state index in [-0.39, 0.29) is 6.61 Å². The van der Waals surface area contributed by atoms with Gasteiger partial charge in [-0.3, -0.25) is 0 Å². The number of anilines is 1. The van der Waals surface area contributed by atoms with E-state index in [2.05, 4.69) is 11.0 Å². The number of aliphatic hydroxyl groups is 1. The van der Waals surface area contributed by atoms with Crippen LogP contribution in [0.25, 0.3) is 0 Å². The number of rotatable bonds is 4. The van der Waals surface area contributed by atoms with Crippen molar-refractivity contribution in [3.63, 3.8) is 0 Å². The van der Waals surface area contributed by atoms with Crippen molar-refractivity contribution in [1.29, 1.82) is 5.26 Å². The summed E-state index contributed by atoms with van der Waals surface area (Å²) in [6, 6.07) is 10.3. The molecule has 0 spiro atoms. The molecule has 3 heteroatoms. The first-order chi connectivity index (χ1) is 8.35. The van der Waals surface area contributed by atoms with Crippen LogP contribution >= 0.6 is 0 Å². The molecule has 1 fully saturated rings. The minimum atomic E-state index is 0.160. The minimum Gasteiger partial charge on any atom is -0.395 e. The molecule has 1 aromatic carbocycles. The van der Waals surface area contributed by atoms with E-state index in [1.54, 1.807) is 0 Å². The minimum absolute atomic E-state index is 0.160. The molecule has 0 heterocycles. The molecule has 0 bridgehead atoms. The molecule has 1 N–H and O–H groups in total. The monoisotopic (exact) mass is 230 g/mol. The summed E-state index contributed by atoms with van der Waals surface area (Å²) in [6.07, 6.45) is 4.92. The maximum absolute atomic E-state index is 9.18. The van der Waals surface area contributed by atoms with Crippen molar-refractivity contribution in [3.8, 4) is 6.07 Å². The average molecular weight is 230 g/mol. The molecule has 1 aliphatic carbocycles. The molecule has 1 aliphatic rings. The summed E-state index contributed by atoms with van der Waals surface area (Å²) in [5.74, 6) is 0. The summed E-state index contributed by atoms with van der Waals surface area (Å²) >= 11 is 0. The zero-order valence-corrected chi connectivity index (χ0v) is 9.97. The predicted octanol–water partition coefficient (Wildman–Crippen LogP) is 2.30. The molecule has 0 aromatic heterocycles. The first-order valence-electron chi connectivity index (χ1n) is 6.23. The highest BCUT2D eigenvalue weighted by molar-refractivity contribution is 5.52. The van der Waals surface area contributed by atoms with E-state index < -0.39 is 0 Å². The van der Waals surface area contributed by atoms with Gasteiger partial charge in [0.05, 0.1) is 18.2 Å². The Labute approximate surface area is 102 Å². The van der Waals surface area contributed by atoms with Gasteiger partial charge in [0.1, 0.15) is 0 Å². The van der Waals surface area contributed by atoms with Crippen LogP contribution in [0.3, 0.4) is 0 Å². The number of hydrogen-bond acceptors (Lipinski definition) is 3. The van der Waals surface area contributed by atoms with Crippen LogP contribution in [0.4, 0.5) is 5.69 Å². The predicted molar refractivity (Wildman–Crippen MR) is 67.8 cm³/mol. The van der Waals surface area contributed by atoms with Crippen LogP contribution in [-0.4, -0.2) is 24.3 Å². The van der Waals surface area contributed by atoms with Crippen molar-refractivity contribution in [1.82, 2.24) is 0 Å². The normalized spacial score (nSPS) is 15.8. The van der Waals surface area contributed by atoms with Gasteiger partial charge in [0, 0.05) is 18.3 Å². The van der Waals surface area contributed by atoms with E-state index in [9.17, 15) is 5.11 Å². The molecular weight excluding hydrogens is 212 g/mol. The van der Waals surface area contributed by atoms with Crippen molar-refractivity contribution in [3.05, 3.63) is 29.8 Å². The van der Waals surface area contributed by atoms with Gasteiger partial charge in [-0.15, -0.1) is 0 Å². The SMILES string of the molecule is N#Cc1cccc(N(CCO)C2CCCC2)c1. The van der Waals surface area contributed by atoms with Crippen molar-refractivity contribution in [2.45, 2.75) is 31.7 Å². The molecule has 0 radical (unpaired) electrons. The summed E-state index contributed by atoms with van der Waals surface area (Å²) in [7, 11) is 0. The number of aliphatic hydroxyl groups excluding tert-OH is 1. The maximum atomic E-state index is 9.18. The molecule has 3 nitrogen and oxygen atoms in total. The van der Waals surface area contributed by atoms with Crippen LogP contribution in [-0.2, 0) is 0 Å². The Hall–Kier alpha value is -1.53. The fourth-order valence-electron chi connectivity index (χ4n) is 2.60. The van der Waals surface area contributed by atoms with Gasteiger partial charge in [-0.05, 0) is 31.0 Å². The summed E-state index contributed by atoms with van der Waals surface area (Å²) in [6.45, 7) is 0.812. The second-order valence-electron chi connectivity index (χ2n) is 4.52. The Bertz CT molecular complexity index is 405. The Balaban J connectivity index is 2.21. The lowest BCUT2D eigenvalue weighted by Crippen LogP contribution is -2.35. The number of nitrogens with zero attached hydrogens (tertiary/aromatic N) is 2. The second kappa shape index (κ2) is 5.70. The Morgan fingerprint density at radius 3 is 2.76 bits per heavy atom. The molecule has 17 heavy (non-hydrogen) atoms. The molecule has 1 saturated carbocycles. The van der Waals surface area contributed by atoms with Gasteiger partial charge in [-0.1, -0.05) is 18.9 Å². The zero-order chi connectivity index (χ0) is 12.1. The summed E-state index contributed by atoms with van der Waals surface area (Å²) in [4.78, 5) is 2.24. The van der Waals surface area contributed by atoms with Crippen molar-refractivity contribution < 1.29 is 5.11 Å². The zero-order valence-electron chi connectivity index (χ0n) is 9.97. The van der Waals surface area contributed by atoms with Crippen LogP contribution in [0, 0.1) is 11.3 Å². The van der Waals surface area contributed by atoms with Gasteiger partial charge in [0.25, 0.3) is 0 Å². The Kier molecular flexibility index (Phi) is 4.00. The number of benzene rings is 1. The quantitative estimate of drug-likeness (QED) is 0.863. The molecule has 2 rings (SSSR count). The topological polar surface area (TPSA) is 47.3 Å². The molecule has 0 atom stereocenters. The Morgan fingerprint density at radius 2 is 2.12 bits per heavy atom. The van der Waals surface area contributed by atoms with E-state index in [1.165, 1.54) is 25.7 Å². The lowest BCUT2D eigenvalue weighted by Gasteiger charge is -2.30. The average Bonchev–Trinajstić information content (AvgIpc) is 2.89. The molecule has 90 valence electrons. The molecule has 1 aromatic rings. The summed E-state index contributed by atoms with van der Waals surface area (Å²) in [5.41, 5.74) is 1.74. The van der Waals surface area contributed by atoms with Crippen molar-refractivity contribution in [2.24, 2.45) is 0 Å². The van der Waals surface area contributed by atoms with E-state index in [4.69, 9.17) is 5.26 Å². The molecule has 0 unspecified atom stereocenters. The maximum Gasteiger partial charge on any atom is 0.0992 e.